The number of carbonyl (C=O) groups is 1. The van der Waals surface area contributed by atoms with Crippen molar-refractivity contribution in [3.8, 4) is 17.2 Å². The lowest BCUT2D eigenvalue weighted by atomic mass is 10.0. The number of benzene rings is 2. The molecule has 0 saturated heterocycles. The average molecular weight is 436 g/mol. The molecule has 3 rings (SSSR count). The molecule has 0 aliphatic heterocycles. The van der Waals surface area contributed by atoms with E-state index in [1.54, 1.807) is 13.0 Å². The van der Waals surface area contributed by atoms with Crippen molar-refractivity contribution in [2.24, 2.45) is 0 Å². The van der Waals surface area contributed by atoms with Gasteiger partial charge in [0.25, 0.3) is 0 Å². The number of oxazole rings is 1. The summed E-state index contributed by atoms with van der Waals surface area (Å²) in [6, 6.07) is 13.7. The van der Waals surface area contributed by atoms with Crippen LogP contribution in [0.3, 0.4) is 0 Å². The van der Waals surface area contributed by atoms with Gasteiger partial charge in [0, 0.05) is 5.56 Å². The molecule has 2 aromatic carbocycles. The zero-order valence-corrected chi connectivity index (χ0v) is 19.1. The molecule has 0 amide bonds. The zero-order valence-electron chi connectivity index (χ0n) is 19.1. The summed E-state index contributed by atoms with van der Waals surface area (Å²) in [7, 11) is 0. The van der Waals surface area contributed by atoms with Gasteiger partial charge in [-0.15, -0.1) is 0 Å². The topological polar surface area (TPSA) is 81.8 Å². The lowest BCUT2D eigenvalue weighted by molar-refractivity contribution is -0.136. The predicted octanol–water partition coefficient (Wildman–Crippen LogP) is 6.12. The van der Waals surface area contributed by atoms with E-state index in [9.17, 15) is 9.90 Å². The van der Waals surface area contributed by atoms with Crippen LogP contribution in [0.25, 0.3) is 17.5 Å². The van der Waals surface area contributed by atoms with E-state index in [-0.39, 0.29) is 12.4 Å². The van der Waals surface area contributed by atoms with Gasteiger partial charge in [-0.05, 0) is 73.7 Å². The minimum Gasteiger partial charge on any atom is -0.487 e. The second-order valence-corrected chi connectivity index (χ2v) is 7.85. The number of carboxylic acid groups (broad SMARTS) is 1. The maximum Gasteiger partial charge on any atom is 0.371 e. The third kappa shape index (κ3) is 5.58. The summed E-state index contributed by atoms with van der Waals surface area (Å²) in [6.45, 7) is 10.4. The molecule has 1 heterocycles. The monoisotopic (exact) mass is 435 g/mol. The second kappa shape index (κ2) is 10.2. The van der Waals surface area contributed by atoms with Gasteiger partial charge < -0.3 is 19.0 Å². The van der Waals surface area contributed by atoms with Crippen LogP contribution in [0.1, 0.15) is 54.8 Å². The van der Waals surface area contributed by atoms with Gasteiger partial charge in [-0.2, -0.15) is 0 Å². The van der Waals surface area contributed by atoms with Crippen molar-refractivity contribution in [1.82, 2.24) is 4.98 Å². The summed E-state index contributed by atoms with van der Waals surface area (Å²) in [5, 5.41) is 9.24. The molecule has 0 radical (unpaired) electrons. The van der Waals surface area contributed by atoms with Gasteiger partial charge in [-0.3, -0.25) is 0 Å². The average Bonchev–Trinajstić information content (AvgIpc) is 3.14. The van der Waals surface area contributed by atoms with Crippen molar-refractivity contribution in [1.29, 1.82) is 0 Å². The number of aryl methyl sites for hydroxylation is 2. The van der Waals surface area contributed by atoms with Gasteiger partial charge in [0.1, 0.15) is 23.8 Å². The quantitative estimate of drug-likeness (QED) is 0.322. The number of aromatic nitrogens is 1. The number of nitrogens with zero attached hydrogens (tertiary/aromatic N) is 1. The molecule has 168 valence electrons. The van der Waals surface area contributed by atoms with Crippen LogP contribution in [0.2, 0.25) is 0 Å². The molecular weight excluding hydrogens is 406 g/mol. The Hall–Kier alpha value is -3.54. The maximum absolute atomic E-state index is 11.3. The highest BCUT2D eigenvalue weighted by Gasteiger charge is 2.13. The highest BCUT2D eigenvalue weighted by Crippen LogP contribution is 2.26. The standard InChI is InChI=1S/C26H29NO5/c1-6-30-24(26(28)29)14-21-11-12-22(13-17(21)4)31-15-23-18(5)32-25(27-23)20-9-7-19(8-10-20)16(2)3/h7-14,16H,6,15H2,1-5H3,(H,28,29). The molecule has 0 atom stereocenters. The molecule has 0 saturated carbocycles. The van der Waals surface area contributed by atoms with E-state index in [1.807, 2.05) is 38.1 Å². The van der Waals surface area contributed by atoms with Gasteiger partial charge >= 0.3 is 5.97 Å². The van der Waals surface area contributed by atoms with Crippen molar-refractivity contribution in [3.63, 3.8) is 0 Å². The van der Waals surface area contributed by atoms with Gasteiger partial charge in [0.05, 0.1) is 6.61 Å². The fraction of sp³-hybridized carbons (Fsp3) is 0.308. The highest BCUT2D eigenvalue weighted by molar-refractivity contribution is 5.90. The van der Waals surface area contributed by atoms with E-state index in [4.69, 9.17) is 13.9 Å². The van der Waals surface area contributed by atoms with Crippen LogP contribution in [-0.2, 0) is 16.1 Å². The van der Waals surface area contributed by atoms with Crippen molar-refractivity contribution in [3.05, 3.63) is 76.4 Å². The number of rotatable bonds is 9. The molecule has 3 aromatic rings. The molecule has 0 bridgehead atoms. The molecule has 1 N–H and O–H groups in total. The minimum absolute atomic E-state index is 0.0866. The zero-order chi connectivity index (χ0) is 23.3. The maximum atomic E-state index is 11.3. The van der Waals surface area contributed by atoms with E-state index in [2.05, 4.69) is 31.0 Å². The van der Waals surface area contributed by atoms with E-state index in [1.165, 1.54) is 11.6 Å². The van der Waals surface area contributed by atoms with Crippen molar-refractivity contribution in [2.75, 3.05) is 6.61 Å². The Morgan fingerprint density at radius 3 is 2.47 bits per heavy atom. The number of carboxylic acids is 1. The number of aliphatic carboxylic acids is 1. The fourth-order valence-corrected chi connectivity index (χ4v) is 3.21. The third-order valence-corrected chi connectivity index (χ3v) is 5.13. The summed E-state index contributed by atoms with van der Waals surface area (Å²) in [5.74, 6) is 1.24. The smallest absolute Gasteiger partial charge is 0.371 e. The third-order valence-electron chi connectivity index (χ3n) is 5.13. The summed E-state index contributed by atoms with van der Waals surface area (Å²) in [6.07, 6.45) is 1.52. The number of hydrogen-bond acceptors (Lipinski definition) is 5. The van der Waals surface area contributed by atoms with Crippen LogP contribution in [-0.4, -0.2) is 22.7 Å². The SMILES string of the molecule is CCOC(=Cc1ccc(OCc2nc(-c3ccc(C(C)C)cc3)oc2C)cc1C)C(=O)O. The van der Waals surface area contributed by atoms with Crippen molar-refractivity contribution in [2.45, 2.75) is 47.1 Å². The summed E-state index contributed by atoms with van der Waals surface area (Å²) in [5.41, 5.74) is 4.57. The first-order valence-electron chi connectivity index (χ1n) is 10.7. The first kappa shape index (κ1) is 23.1. The molecule has 1 aromatic heterocycles. The van der Waals surface area contributed by atoms with Crippen LogP contribution >= 0.6 is 0 Å². The normalized spacial score (nSPS) is 11.6. The van der Waals surface area contributed by atoms with Crippen molar-refractivity contribution < 1.29 is 23.8 Å². The summed E-state index contributed by atoms with van der Waals surface area (Å²) >= 11 is 0. The van der Waals surface area contributed by atoms with E-state index < -0.39 is 5.97 Å². The molecular formula is C26H29NO5. The van der Waals surface area contributed by atoms with Crippen LogP contribution in [0, 0.1) is 13.8 Å². The van der Waals surface area contributed by atoms with E-state index in [0.29, 0.717) is 29.9 Å². The number of ether oxygens (including phenoxy) is 2. The lowest BCUT2D eigenvalue weighted by Crippen LogP contribution is -2.05. The highest BCUT2D eigenvalue weighted by atomic mass is 16.5. The second-order valence-electron chi connectivity index (χ2n) is 7.85. The molecule has 6 heteroatoms. The molecule has 0 aliphatic rings. The van der Waals surface area contributed by atoms with Gasteiger partial charge in [0.15, 0.2) is 0 Å². The largest absolute Gasteiger partial charge is 0.487 e. The molecule has 0 aliphatic carbocycles. The number of hydrogen-bond donors (Lipinski definition) is 1. The van der Waals surface area contributed by atoms with E-state index in [0.717, 1.165) is 22.4 Å². The molecule has 0 fully saturated rings. The fourth-order valence-electron chi connectivity index (χ4n) is 3.21. The molecule has 6 nitrogen and oxygen atoms in total. The summed E-state index contributed by atoms with van der Waals surface area (Å²) < 4.78 is 17.0. The Morgan fingerprint density at radius 2 is 1.88 bits per heavy atom. The molecule has 0 spiro atoms. The van der Waals surface area contributed by atoms with Gasteiger partial charge in [-0.25, -0.2) is 9.78 Å². The summed E-state index contributed by atoms with van der Waals surface area (Å²) in [4.78, 5) is 15.9. The van der Waals surface area contributed by atoms with Crippen LogP contribution < -0.4 is 4.74 Å². The Bertz CT molecular complexity index is 1110. The molecule has 0 unspecified atom stereocenters. The van der Waals surface area contributed by atoms with Crippen LogP contribution in [0.5, 0.6) is 5.75 Å². The Kier molecular flexibility index (Phi) is 7.36. The first-order chi connectivity index (χ1) is 15.3. The Morgan fingerprint density at radius 1 is 1.16 bits per heavy atom. The van der Waals surface area contributed by atoms with Crippen LogP contribution in [0.15, 0.2) is 52.6 Å². The first-order valence-corrected chi connectivity index (χ1v) is 10.7. The van der Waals surface area contributed by atoms with Gasteiger partial charge in [0.2, 0.25) is 11.6 Å². The van der Waals surface area contributed by atoms with Gasteiger partial charge in [-0.1, -0.05) is 32.0 Å². The Labute approximate surface area is 188 Å². The van der Waals surface area contributed by atoms with Crippen molar-refractivity contribution >= 4 is 12.0 Å². The predicted molar refractivity (Wildman–Crippen MR) is 124 cm³/mol. The minimum atomic E-state index is -1.09. The molecule has 32 heavy (non-hydrogen) atoms. The lowest BCUT2D eigenvalue weighted by Gasteiger charge is -2.09. The van der Waals surface area contributed by atoms with Crippen LogP contribution in [0.4, 0.5) is 0 Å². The van der Waals surface area contributed by atoms with E-state index >= 15 is 0 Å². The Balaban J connectivity index is 1.71.